The molecule has 10 heavy (non-hydrogen) atoms. The second kappa shape index (κ2) is 3.98. The third kappa shape index (κ3) is 3.17. The Kier molecular flexibility index (Phi) is 3.61. The van der Waals surface area contributed by atoms with Crippen molar-refractivity contribution in [3.63, 3.8) is 0 Å². The summed E-state index contributed by atoms with van der Waals surface area (Å²) in [4.78, 5) is 10.2. The maximum atomic E-state index is 11.5. The predicted octanol–water partition coefficient (Wildman–Crippen LogP) is 0.942. The molecule has 0 heterocycles. The normalized spacial score (nSPS) is 12.8. The van der Waals surface area contributed by atoms with Gasteiger partial charge in [0.25, 0.3) is 5.91 Å². The van der Waals surface area contributed by atoms with Gasteiger partial charge in [-0.05, 0) is 6.92 Å². The molecule has 1 atom stereocenters. The molecule has 58 valence electrons. The van der Waals surface area contributed by atoms with Crippen molar-refractivity contribution in [2.45, 2.75) is 19.4 Å². The van der Waals surface area contributed by atoms with Crippen LogP contribution in [0.3, 0.4) is 0 Å². The highest BCUT2D eigenvalue weighted by Crippen LogP contribution is 1.92. The lowest BCUT2D eigenvalue weighted by molar-refractivity contribution is -0.132. The quantitative estimate of drug-likeness (QED) is 0.594. The maximum absolute atomic E-state index is 11.5. The van der Waals surface area contributed by atoms with Gasteiger partial charge in [0.2, 0.25) is 0 Å². The molecule has 0 spiro atoms. The molecule has 0 aromatic carbocycles. The fourth-order valence-electron chi connectivity index (χ4n) is 0.346. The third-order valence-electron chi connectivity index (χ3n) is 0.922. The Labute approximate surface area is 57.9 Å². The van der Waals surface area contributed by atoms with Crippen molar-refractivity contribution < 1.29 is 13.6 Å². The van der Waals surface area contributed by atoms with Gasteiger partial charge in [-0.3, -0.25) is 4.79 Å². The van der Waals surface area contributed by atoms with Crippen molar-refractivity contribution in [2.75, 3.05) is 0 Å². The van der Waals surface area contributed by atoms with Crippen LogP contribution in [-0.2, 0) is 4.79 Å². The minimum Gasteiger partial charge on any atom is -0.345 e. The molecule has 2 nitrogen and oxygen atoms in total. The molecule has 0 aromatic heterocycles. The van der Waals surface area contributed by atoms with E-state index in [0.29, 0.717) is 0 Å². The molecule has 0 saturated carbocycles. The van der Waals surface area contributed by atoms with Gasteiger partial charge in [-0.25, -0.2) is 0 Å². The van der Waals surface area contributed by atoms with Crippen LogP contribution in [0.1, 0.15) is 6.92 Å². The number of hydrogen-bond acceptors (Lipinski definition) is 1. The highest BCUT2D eigenvalue weighted by atomic mass is 19.3. The molecule has 1 N–H and O–H groups in total. The Bertz CT molecular complexity index is 136. The van der Waals surface area contributed by atoms with Crippen LogP contribution in [0.5, 0.6) is 0 Å². The van der Waals surface area contributed by atoms with Crippen LogP contribution in [0.15, 0.2) is 12.7 Å². The number of carbonyl (C=O) groups is 1. The van der Waals surface area contributed by atoms with E-state index >= 15 is 0 Å². The summed E-state index contributed by atoms with van der Waals surface area (Å²) in [5.74, 6) is -1.26. The largest absolute Gasteiger partial charge is 0.345 e. The van der Waals surface area contributed by atoms with E-state index in [9.17, 15) is 13.6 Å². The highest BCUT2D eigenvalue weighted by molar-refractivity contribution is 5.79. The van der Waals surface area contributed by atoms with E-state index in [-0.39, 0.29) is 0 Å². The van der Waals surface area contributed by atoms with Crippen LogP contribution in [0.2, 0.25) is 0 Å². The molecule has 0 fully saturated rings. The first kappa shape index (κ1) is 9.07. The first-order chi connectivity index (χ1) is 4.57. The number of carbonyl (C=O) groups excluding carboxylic acids is 1. The average Bonchev–Trinajstić information content (AvgIpc) is 1.87. The van der Waals surface area contributed by atoms with Gasteiger partial charge >= 0.3 is 6.43 Å². The molecular weight excluding hydrogens is 140 g/mol. The zero-order valence-corrected chi connectivity index (χ0v) is 5.60. The first-order valence-electron chi connectivity index (χ1n) is 2.79. The number of halogens is 2. The monoisotopic (exact) mass is 149 g/mol. The summed E-state index contributed by atoms with van der Waals surface area (Å²) in [5.41, 5.74) is 0. The van der Waals surface area contributed by atoms with Crippen LogP contribution in [0, 0.1) is 0 Å². The van der Waals surface area contributed by atoms with Crippen molar-refractivity contribution >= 4 is 5.91 Å². The number of nitrogens with one attached hydrogen (secondary N) is 1. The molecule has 1 unspecified atom stereocenters. The summed E-state index contributed by atoms with van der Waals surface area (Å²) in [6.45, 7) is 4.88. The van der Waals surface area contributed by atoms with E-state index < -0.39 is 18.4 Å². The molecule has 1 amide bonds. The standard InChI is InChI=1S/C6H9F2NO/c1-3-4(2)9-6(10)5(7)8/h3-5H,1H2,2H3,(H,9,10). The highest BCUT2D eigenvalue weighted by Gasteiger charge is 2.15. The summed E-state index contributed by atoms with van der Waals surface area (Å²) in [6, 6.07) is -0.401. The number of amides is 1. The summed E-state index contributed by atoms with van der Waals surface area (Å²) in [6.07, 6.45) is -1.57. The molecule has 4 heteroatoms. The van der Waals surface area contributed by atoms with Crippen LogP contribution in [0.25, 0.3) is 0 Å². The molecule has 0 aromatic rings. The lowest BCUT2D eigenvalue weighted by Crippen LogP contribution is -2.35. The summed E-state index contributed by atoms with van der Waals surface area (Å²) >= 11 is 0. The maximum Gasteiger partial charge on any atom is 0.315 e. The van der Waals surface area contributed by atoms with E-state index in [2.05, 4.69) is 6.58 Å². The fraction of sp³-hybridized carbons (Fsp3) is 0.500. The van der Waals surface area contributed by atoms with Crippen LogP contribution in [-0.4, -0.2) is 18.4 Å². The van der Waals surface area contributed by atoms with E-state index in [0.717, 1.165) is 0 Å². The second-order valence-electron chi connectivity index (χ2n) is 1.83. The Morgan fingerprint density at radius 1 is 1.70 bits per heavy atom. The van der Waals surface area contributed by atoms with Gasteiger partial charge in [0, 0.05) is 6.04 Å². The minimum atomic E-state index is -2.94. The molecule has 0 aliphatic carbocycles. The first-order valence-corrected chi connectivity index (χ1v) is 2.79. The SMILES string of the molecule is C=CC(C)NC(=O)C(F)F. The Balaban J connectivity index is 3.68. The molecule has 0 bridgehead atoms. The zero-order chi connectivity index (χ0) is 8.15. The van der Waals surface area contributed by atoms with Gasteiger partial charge in [0.1, 0.15) is 0 Å². The van der Waals surface area contributed by atoms with Gasteiger partial charge in [-0.15, -0.1) is 6.58 Å². The van der Waals surface area contributed by atoms with Gasteiger partial charge < -0.3 is 5.32 Å². The lowest BCUT2D eigenvalue weighted by atomic mass is 10.3. The Hall–Kier alpha value is -0.930. The smallest absolute Gasteiger partial charge is 0.315 e. The summed E-state index contributed by atoms with van der Waals surface area (Å²) in [5, 5.41) is 2.02. The van der Waals surface area contributed by atoms with Crippen molar-refractivity contribution in [1.82, 2.24) is 5.32 Å². The lowest BCUT2D eigenvalue weighted by Gasteiger charge is -2.07. The van der Waals surface area contributed by atoms with Crippen molar-refractivity contribution in [3.8, 4) is 0 Å². The van der Waals surface area contributed by atoms with Crippen LogP contribution in [0.4, 0.5) is 8.78 Å². The number of rotatable bonds is 3. The topological polar surface area (TPSA) is 29.1 Å². The van der Waals surface area contributed by atoms with E-state index in [1.807, 2.05) is 5.32 Å². The Morgan fingerprint density at radius 2 is 2.20 bits per heavy atom. The molecule has 0 rings (SSSR count). The van der Waals surface area contributed by atoms with Crippen LogP contribution >= 0.6 is 0 Å². The molecular formula is C6H9F2NO. The van der Waals surface area contributed by atoms with E-state index in [1.54, 1.807) is 6.92 Å². The second-order valence-corrected chi connectivity index (χ2v) is 1.83. The molecule has 0 aliphatic heterocycles. The molecule has 0 aliphatic rings. The third-order valence-corrected chi connectivity index (χ3v) is 0.922. The van der Waals surface area contributed by atoms with Crippen molar-refractivity contribution in [1.29, 1.82) is 0 Å². The molecule has 0 saturated heterocycles. The van der Waals surface area contributed by atoms with E-state index in [4.69, 9.17) is 0 Å². The van der Waals surface area contributed by atoms with Gasteiger partial charge in [0.15, 0.2) is 0 Å². The van der Waals surface area contributed by atoms with Gasteiger partial charge in [-0.2, -0.15) is 8.78 Å². The average molecular weight is 149 g/mol. The van der Waals surface area contributed by atoms with Gasteiger partial charge in [-0.1, -0.05) is 6.08 Å². The number of hydrogen-bond donors (Lipinski definition) is 1. The summed E-state index contributed by atoms with van der Waals surface area (Å²) < 4.78 is 23.0. The Morgan fingerprint density at radius 3 is 2.50 bits per heavy atom. The van der Waals surface area contributed by atoms with Crippen molar-refractivity contribution in [2.24, 2.45) is 0 Å². The van der Waals surface area contributed by atoms with E-state index in [1.165, 1.54) is 6.08 Å². The fourth-order valence-corrected chi connectivity index (χ4v) is 0.346. The zero-order valence-electron chi connectivity index (χ0n) is 5.60. The van der Waals surface area contributed by atoms with Crippen molar-refractivity contribution in [3.05, 3.63) is 12.7 Å². The van der Waals surface area contributed by atoms with Gasteiger partial charge in [0.05, 0.1) is 0 Å². The predicted molar refractivity (Wildman–Crippen MR) is 33.8 cm³/mol. The summed E-state index contributed by atoms with van der Waals surface area (Å²) in [7, 11) is 0. The number of alkyl halides is 2. The van der Waals surface area contributed by atoms with Crippen LogP contribution < -0.4 is 5.32 Å². The minimum absolute atomic E-state index is 0.401. The molecule has 0 radical (unpaired) electrons.